The Morgan fingerprint density at radius 2 is 1.71 bits per heavy atom. The van der Waals surface area contributed by atoms with Crippen molar-refractivity contribution in [2.75, 3.05) is 26.4 Å². The summed E-state index contributed by atoms with van der Waals surface area (Å²) in [6.07, 6.45) is -8.84. The molecule has 49 heavy (non-hydrogen) atoms. The molecule has 0 spiro atoms. The fourth-order valence-electron chi connectivity index (χ4n) is 6.44. The zero-order valence-electron chi connectivity index (χ0n) is 27.5. The van der Waals surface area contributed by atoms with Crippen LogP contribution in [0.15, 0.2) is 35.1 Å². The number of allylic oxidation sites excluding steroid dienone is 2. The molecule has 3 aliphatic heterocycles. The van der Waals surface area contributed by atoms with Gasteiger partial charge in [0, 0.05) is 11.5 Å². The monoisotopic (exact) mass is 704 g/mol. The molecule has 17 heteroatoms. The van der Waals surface area contributed by atoms with Crippen LogP contribution >= 0.6 is 0 Å². The summed E-state index contributed by atoms with van der Waals surface area (Å²) in [6, 6.07) is 0. The second-order valence-electron chi connectivity index (χ2n) is 13.2. The standard InChI is InChI=1S/C32H48O17/c1-15(8-10-33)5-4-6-16(2)27(40)44-12-19-22(35)24(37)25(38)30(48-19)49-29-21-17(7-9-31(21,3)42)18(11-45-29)28(41)47-20-13-46-32(43,14-34)26(39)23(20)36/h6,8,11,17,19-26,29-30,33-39,42-43H,4-5,7,9-10,12-14H2,1-3H3/b15-8-,16-6+/t17-,19-,20-,21-,22-,23-,24+,25-,26+,29+,30+,31+,32-/m1/s1. The third-order valence-electron chi connectivity index (χ3n) is 9.59. The van der Waals surface area contributed by atoms with E-state index in [0.717, 1.165) is 11.8 Å². The number of ether oxygens (including phenoxy) is 6. The van der Waals surface area contributed by atoms with Gasteiger partial charge in [-0.05, 0) is 46.5 Å². The molecule has 9 N–H and O–H groups in total. The minimum Gasteiger partial charge on any atom is -0.471 e. The van der Waals surface area contributed by atoms with Crippen LogP contribution in [0.3, 0.4) is 0 Å². The highest BCUT2D eigenvalue weighted by molar-refractivity contribution is 5.89. The first-order valence-electron chi connectivity index (χ1n) is 16.1. The molecule has 17 nitrogen and oxygen atoms in total. The average Bonchev–Trinajstić information content (AvgIpc) is 3.39. The highest BCUT2D eigenvalue weighted by Crippen LogP contribution is 2.50. The molecule has 278 valence electrons. The van der Waals surface area contributed by atoms with Crippen LogP contribution in [-0.4, -0.2) is 151 Å². The summed E-state index contributed by atoms with van der Waals surface area (Å²) >= 11 is 0. The number of aliphatic hydroxyl groups excluding tert-OH is 7. The lowest BCUT2D eigenvalue weighted by atomic mass is 9.81. The van der Waals surface area contributed by atoms with Crippen LogP contribution in [0.1, 0.15) is 46.5 Å². The Balaban J connectivity index is 1.41. The van der Waals surface area contributed by atoms with Crippen molar-refractivity contribution >= 4 is 11.9 Å². The van der Waals surface area contributed by atoms with Crippen molar-refractivity contribution in [3.05, 3.63) is 35.1 Å². The van der Waals surface area contributed by atoms with Gasteiger partial charge >= 0.3 is 11.9 Å². The van der Waals surface area contributed by atoms with Crippen molar-refractivity contribution in [1.29, 1.82) is 0 Å². The van der Waals surface area contributed by atoms with Crippen molar-refractivity contribution in [3.8, 4) is 0 Å². The molecule has 0 aromatic carbocycles. The number of carbonyl (C=O) groups is 2. The lowest BCUT2D eigenvalue weighted by Crippen LogP contribution is -2.63. The Hall–Kier alpha value is -2.52. The summed E-state index contributed by atoms with van der Waals surface area (Å²) in [7, 11) is 0. The highest BCUT2D eigenvalue weighted by Gasteiger charge is 2.57. The molecule has 1 saturated carbocycles. The predicted molar refractivity (Wildman–Crippen MR) is 162 cm³/mol. The van der Waals surface area contributed by atoms with E-state index in [9.17, 15) is 50.4 Å². The molecule has 0 aromatic rings. The van der Waals surface area contributed by atoms with Gasteiger partial charge in [-0.15, -0.1) is 0 Å². The first kappa shape index (κ1) is 39.3. The number of hydrogen-bond acceptors (Lipinski definition) is 17. The summed E-state index contributed by atoms with van der Waals surface area (Å²) < 4.78 is 32.9. The second kappa shape index (κ2) is 16.2. The zero-order chi connectivity index (χ0) is 36.3. The van der Waals surface area contributed by atoms with E-state index >= 15 is 0 Å². The number of rotatable bonds is 12. The minimum absolute atomic E-state index is 0.0410. The van der Waals surface area contributed by atoms with E-state index in [4.69, 9.17) is 33.5 Å². The van der Waals surface area contributed by atoms with Gasteiger partial charge in [0.2, 0.25) is 12.1 Å². The van der Waals surface area contributed by atoms with Crippen LogP contribution in [0.25, 0.3) is 0 Å². The normalized spacial score (nSPS) is 41.4. The summed E-state index contributed by atoms with van der Waals surface area (Å²) in [5.41, 5.74) is -0.277. The molecule has 1 aliphatic carbocycles. The van der Waals surface area contributed by atoms with Crippen LogP contribution in [0.5, 0.6) is 0 Å². The maximum atomic E-state index is 13.2. The average molecular weight is 705 g/mol. The SMILES string of the molecule is C/C(=C/CO)CC/C=C(\C)C(=O)OC[C@H]1O[C@@H](O[C@@H]2OC=C(C(=O)O[C@@H]3CO[C@](O)(CO)[C@@H](O)[C@@H]3O)[C@H]3CC[C@](C)(O)[C@@H]23)[C@H](O)[C@@H](O)[C@@H]1O. The lowest BCUT2D eigenvalue weighted by Gasteiger charge is -2.44. The summed E-state index contributed by atoms with van der Waals surface area (Å²) in [5.74, 6) is -5.80. The van der Waals surface area contributed by atoms with Gasteiger partial charge in [0.25, 0.3) is 0 Å². The second-order valence-corrected chi connectivity index (χ2v) is 13.2. The lowest BCUT2D eigenvalue weighted by molar-refractivity contribution is -0.346. The van der Waals surface area contributed by atoms with Gasteiger partial charge in [0.15, 0.2) is 12.4 Å². The van der Waals surface area contributed by atoms with Gasteiger partial charge in [-0.25, -0.2) is 9.59 Å². The topological polar surface area (TPSA) is 272 Å². The van der Waals surface area contributed by atoms with Gasteiger partial charge in [-0.2, -0.15) is 0 Å². The van der Waals surface area contributed by atoms with Gasteiger partial charge in [0.05, 0.1) is 43.2 Å². The fourth-order valence-corrected chi connectivity index (χ4v) is 6.44. The largest absolute Gasteiger partial charge is 0.471 e. The predicted octanol–water partition coefficient (Wildman–Crippen LogP) is -2.62. The maximum Gasteiger partial charge on any atom is 0.337 e. The van der Waals surface area contributed by atoms with Crippen molar-refractivity contribution in [1.82, 2.24) is 0 Å². The number of hydrogen-bond donors (Lipinski definition) is 9. The van der Waals surface area contributed by atoms with Crippen LogP contribution in [0.4, 0.5) is 0 Å². The van der Waals surface area contributed by atoms with Crippen LogP contribution in [-0.2, 0) is 38.0 Å². The van der Waals surface area contributed by atoms with E-state index in [1.807, 2.05) is 6.92 Å². The first-order valence-corrected chi connectivity index (χ1v) is 16.1. The Bertz CT molecular complexity index is 1260. The van der Waals surface area contributed by atoms with Crippen LogP contribution in [0, 0.1) is 11.8 Å². The molecular weight excluding hydrogens is 656 g/mol. The number of esters is 2. The molecule has 2 saturated heterocycles. The van der Waals surface area contributed by atoms with Gasteiger partial charge in [0.1, 0.15) is 43.2 Å². The molecule has 3 heterocycles. The van der Waals surface area contributed by atoms with Crippen molar-refractivity contribution in [3.63, 3.8) is 0 Å². The van der Waals surface area contributed by atoms with E-state index in [-0.39, 0.29) is 30.6 Å². The van der Waals surface area contributed by atoms with E-state index < -0.39 is 110 Å². The molecule has 0 amide bonds. The summed E-state index contributed by atoms with van der Waals surface area (Å²) in [4.78, 5) is 25.8. The fraction of sp³-hybridized carbons (Fsp3) is 0.750. The Morgan fingerprint density at radius 1 is 1.00 bits per heavy atom. The van der Waals surface area contributed by atoms with E-state index in [1.54, 1.807) is 19.1 Å². The van der Waals surface area contributed by atoms with Crippen LogP contribution in [0.2, 0.25) is 0 Å². The molecule has 4 rings (SSSR count). The Morgan fingerprint density at radius 3 is 2.39 bits per heavy atom. The molecule has 3 fully saturated rings. The number of aliphatic hydroxyl groups is 9. The van der Waals surface area contributed by atoms with Crippen molar-refractivity contribution in [2.45, 2.75) is 113 Å². The number of fused-ring (bicyclic) bond motifs is 1. The van der Waals surface area contributed by atoms with Gasteiger partial charge < -0.3 is 74.4 Å². The molecule has 13 atom stereocenters. The Kier molecular flexibility index (Phi) is 13.0. The third-order valence-corrected chi connectivity index (χ3v) is 9.59. The van der Waals surface area contributed by atoms with E-state index in [0.29, 0.717) is 12.8 Å². The molecular formula is C32H48O17. The summed E-state index contributed by atoms with van der Waals surface area (Å²) in [6.45, 7) is 2.73. The summed E-state index contributed by atoms with van der Waals surface area (Å²) in [5, 5.41) is 92.0. The smallest absolute Gasteiger partial charge is 0.337 e. The number of carbonyl (C=O) groups excluding carboxylic acids is 2. The quantitative estimate of drug-likeness (QED) is 0.0572. The highest BCUT2D eigenvalue weighted by atomic mass is 16.8. The first-order chi connectivity index (χ1) is 23.0. The van der Waals surface area contributed by atoms with Crippen LogP contribution < -0.4 is 0 Å². The van der Waals surface area contributed by atoms with E-state index in [2.05, 4.69) is 0 Å². The van der Waals surface area contributed by atoms with Crippen molar-refractivity contribution < 1.29 is 84.0 Å². The zero-order valence-corrected chi connectivity index (χ0v) is 27.5. The molecule has 0 radical (unpaired) electrons. The van der Waals surface area contributed by atoms with Crippen molar-refractivity contribution in [2.24, 2.45) is 11.8 Å². The molecule has 0 bridgehead atoms. The van der Waals surface area contributed by atoms with E-state index in [1.165, 1.54) is 6.92 Å². The molecule has 0 unspecified atom stereocenters. The Labute approximate surface area is 282 Å². The maximum absolute atomic E-state index is 13.2. The van der Waals surface area contributed by atoms with Gasteiger partial charge in [-0.3, -0.25) is 0 Å². The third kappa shape index (κ3) is 8.69. The molecule has 0 aromatic heterocycles. The minimum atomic E-state index is -2.44. The van der Waals surface area contributed by atoms with Gasteiger partial charge in [-0.1, -0.05) is 17.7 Å². The molecule has 4 aliphatic rings.